The summed E-state index contributed by atoms with van der Waals surface area (Å²) in [5, 5.41) is 9.50. The van der Waals surface area contributed by atoms with Gasteiger partial charge in [0.05, 0.1) is 14.2 Å². The van der Waals surface area contributed by atoms with Crippen LogP contribution in [-0.4, -0.2) is 38.0 Å². The lowest BCUT2D eigenvalue weighted by atomic mass is 9.80. The van der Waals surface area contributed by atoms with Crippen LogP contribution in [-0.2, 0) is 4.65 Å². The van der Waals surface area contributed by atoms with Crippen LogP contribution in [0.1, 0.15) is 11.5 Å². The molecule has 5 nitrogen and oxygen atoms in total. The van der Waals surface area contributed by atoms with Gasteiger partial charge >= 0.3 is 7.12 Å². The summed E-state index contributed by atoms with van der Waals surface area (Å²) in [4.78, 5) is 4.32. The highest BCUT2D eigenvalue weighted by atomic mass is 16.5. The quantitative estimate of drug-likeness (QED) is 0.878. The van der Waals surface area contributed by atoms with Gasteiger partial charge in [0.1, 0.15) is 0 Å². The van der Waals surface area contributed by atoms with Crippen LogP contribution in [0.2, 0.25) is 6.32 Å². The molecular formula is C16H18BNO4. The Balaban J connectivity index is 1.92. The van der Waals surface area contributed by atoms with Crippen molar-refractivity contribution in [1.82, 2.24) is 4.98 Å². The van der Waals surface area contributed by atoms with Gasteiger partial charge in [-0.1, -0.05) is 6.07 Å². The standard InChI is InChI=1S/C16H18BNO4/c1-20-15-4-3-11(6-16(15)21-2)12-5-13(9-18-8-12)14-7-17(19)22-10-14/h3-6,8-9,14,19H,7,10H2,1-2H3/t14-/m1/s1. The molecule has 0 radical (unpaired) electrons. The Hall–Kier alpha value is -2.05. The molecule has 1 aromatic heterocycles. The van der Waals surface area contributed by atoms with Crippen molar-refractivity contribution in [2.24, 2.45) is 0 Å². The lowest BCUT2D eigenvalue weighted by Crippen LogP contribution is -2.07. The van der Waals surface area contributed by atoms with Gasteiger partial charge in [0.25, 0.3) is 0 Å². The molecule has 0 unspecified atom stereocenters. The molecule has 1 fully saturated rings. The molecule has 1 aromatic carbocycles. The molecule has 1 aliphatic rings. The maximum absolute atomic E-state index is 9.50. The number of ether oxygens (including phenoxy) is 2. The van der Waals surface area contributed by atoms with E-state index in [-0.39, 0.29) is 5.92 Å². The van der Waals surface area contributed by atoms with Gasteiger partial charge in [0.2, 0.25) is 0 Å². The molecule has 6 heteroatoms. The highest BCUT2D eigenvalue weighted by Crippen LogP contribution is 2.34. The molecule has 1 N–H and O–H groups in total. The molecule has 0 aliphatic carbocycles. The molecule has 22 heavy (non-hydrogen) atoms. The highest BCUT2D eigenvalue weighted by molar-refractivity contribution is 6.43. The summed E-state index contributed by atoms with van der Waals surface area (Å²) in [5.74, 6) is 1.57. The minimum Gasteiger partial charge on any atom is -0.493 e. The van der Waals surface area contributed by atoms with Crippen molar-refractivity contribution in [3.8, 4) is 22.6 Å². The second-order valence-electron chi connectivity index (χ2n) is 5.30. The van der Waals surface area contributed by atoms with Crippen LogP contribution in [0.5, 0.6) is 11.5 Å². The lowest BCUT2D eigenvalue weighted by Gasteiger charge is -2.12. The second kappa shape index (κ2) is 6.38. The SMILES string of the molecule is COc1ccc(-c2cncc([C@H]3COB(O)C3)c2)cc1OC. The van der Waals surface area contributed by atoms with E-state index in [1.165, 1.54) is 0 Å². The van der Waals surface area contributed by atoms with Crippen LogP contribution in [0.15, 0.2) is 36.7 Å². The second-order valence-corrected chi connectivity index (χ2v) is 5.30. The predicted octanol–water partition coefficient (Wildman–Crippen LogP) is 2.36. The van der Waals surface area contributed by atoms with Gasteiger partial charge in [-0.3, -0.25) is 4.98 Å². The van der Waals surface area contributed by atoms with Crippen molar-refractivity contribution in [3.63, 3.8) is 0 Å². The van der Waals surface area contributed by atoms with Crippen molar-refractivity contribution in [2.45, 2.75) is 12.2 Å². The first-order valence-electron chi connectivity index (χ1n) is 7.18. The number of hydrogen-bond donors (Lipinski definition) is 1. The summed E-state index contributed by atoms with van der Waals surface area (Å²) in [7, 11) is 2.56. The number of benzene rings is 1. The molecule has 1 saturated heterocycles. The van der Waals surface area contributed by atoms with Gasteiger partial charge in [-0.2, -0.15) is 0 Å². The lowest BCUT2D eigenvalue weighted by molar-refractivity contribution is 0.292. The average molecular weight is 299 g/mol. The van der Waals surface area contributed by atoms with E-state index >= 15 is 0 Å². The largest absolute Gasteiger partial charge is 0.493 e. The van der Waals surface area contributed by atoms with Gasteiger partial charge in [-0.25, -0.2) is 0 Å². The highest BCUT2D eigenvalue weighted by Gasteiger charge is 2.30. The summed E-state index contributed by atoms with van der Waals surface area (Å²) >= 11 is 0. The molecule has 0 saturated carbocycles. The molecule has 114 valence electrons. The normalized spacial score (nSPS) is 17.6. The van der Waals surface area contributed by atoms with E-state index in [1.54, 1.807) is 14.2 Å². The van der Waals surface area contributed by atoms with E-state index in [9.17, 15) is 5.02 Å². The topological polar surface area (TPSA) is 60.8 Å². The maximum Gasteiger partial charge on any atom is 0.454 e. The molecule has 2 heterocycles. The minimum atomic E-state index is -0.672. The Bertz CT molecular complexity index is 664. The van der Waals surface area contributed by atoms with Crippen LogP contribution < -0.4 is 9.47 Å². The average Bonchev–Trinajstić information content (AvgIpc) is 3.01. The first kappa shape index (κ1) is 14.9. The Morgan fingerprint density at radius 3 is 2.64 bits per heavy atom. The van der Waals surface area contributed by atoms with E-state index in [4.69, 9.17) is 14.1 Å². The third kappa shape index (κ3) is 2.93. The zero-order chi connectivity index (χ0) is 15.5. The molecule has 2 aromatic rings. The van der Waals surface area contributed by atoms with Crippen molar-refractivity contribution < 1.29 is 19.2 Å². The summed E-state index contributed by atoms with van der Waals surface area (Å²) < 4.78 is 15.8. The van der Waals surface area contributed by atoms with Gasteiger partial charge in [-0.15, -0.1) is 0 Å². The fourth-order valence-corrected chi connectivity index (χ4v) is 2.69. The van der Waals surface area contributed by atoms with Crippen molar-refractivity contribution in [2.75, 3.05) is 20.8 Å². The van der Waals surface area contributed by atoms with Crippen LogP contribution in [0, 0.1) is 0 Å². The molecule has 0 spiro atoms. The Morgan fingerprint density at radius 2 is 1.95 bits per heavy atom. The zero-order valence-electron chi connectivity index (χ0n) is 12.7. The Morgan fingerprint density at radius 1 is 1.14 bits per heavy atom. The fourth-order valence-electron chi connectivity index (χ4n) is 2.69. The van der Waals surface area contributed by atoms with E-state index < -0.39 is 7.12 Å². The molecule has 0 amide bonds. The Labute approximate surface area is 130 Å². The van der Waals surface area contributed by atoms with E-state index in [2.05, 4.69) is 11.1 Å². The zero-order valence-corrected chi connectivity index (χ0v) is 12.7. The van der Waals surface area contributed by atoms with E-state index in [0.29, 0.717) is 24.4 Å². The smallest absolute Gasteiger partial charge is 0.454 e. The number of nitrogens with zero attached hydrogens (tertiary/aromatic N) is 1. The Kier molecular flexibility index (Phi) is 4.31. The van der Waals surface area contributed by atoms with Crippen LogP contribution >= 0.6 is 0 Å². The third-order valence-electron chi connectivity index (χ3n) is 3.92. The number of rotatable bonds is 4. The van der Waals surface area contributed by atoms with Crippen LogP contribution in [0.3, 0.4) is 0 Å². The molecule has 1 atom stereocenters. The van der Waals surface area contributed by atoms with Crippen LogP contribution in [0.4, 0.5) is 0 Å². The van der Waals surface area contributed by atoms with Gasteiger partial charge < -0.3 is 19.2 Å². The number of methoxy groups -OCH3 is 2. The molecule has 0 bridgehead atoms. The monoisotopic (exact) mass is 299 g/mol. The van der Waals surface area contributed by atoms with Crippen LogP contribution in [0.25, 0.3) is 11.1 Å². The summed E-state index contributed by atoms with van der Waals surface area (Å²) in [5.41, 5.74) is 3.08. The maximum atomic E-state index is 9.50. The molecule has 1 aliphatic heterocycles. The summed E-state index contributed by atoms with van der Waals surface area (Å²) in [6, 6.07) is 7.87. The number of pyridine rings is 1. The first-order valence-corrected chi connectivity index (χ1v) is 7.18. The van der Waals surface area contributed by atoms with Crippen molar-refractivity contribution in [1.29, 1.82) is 0 Å². The van der Waals surface area contributed by atoms with Crippen molar-refractivity contribution >= 4 is 7.12 Å². The molecular weight excluding hydrogens is 281 g/mol. The van der Waals surface area contributed by atoms with Gasteiger partial charge in [0.15, 0.2) is 11.5 Å². The minimum absolute atomic E-state index is 0.183. The first-order chi connectivity index (χ1) is 10.7. The number of aromatic nitrogens is 1. The van der Waals surface area contributed by atoms with E-state index in [0.717, 1.165) is 16.7 Å². The summed E-state index contributed by atoms with van der Waals surface area (Å²) in [6.07, 6.45) is 4.25. The molecule has 3 rings (SSSR count). The fraction of sp³-hybridized carbons (Fsp3) is 0.312. The third-order valence-corrected chi connectivity index (χ3v) is 3.92. The number of hydrogen-bond acceptors (Lipinski definition) is 5. The van der Waals surface area contributed by atoms with Gasteiger partial charge in [0, 0.05) is 30.5 Å². The summed E-state index contributed by atoms with van der Waals surface area (Å²) in [6.45, 7) is 0.526. The van der Waals surface area contributed by atoms with Crippen molar-refractivity contribution in [3.05, 3.63) is 42.2 Å². The van der Waals surface area contributed by atoms with Gasteiger partial charge in [-0.05, 0) is 35.6 Å². The predicted molar refractivity (Wildman–Crippen MR) is 84.2 cm³/mol. The van der Waals surface area contributed by atoms with E-state index in [1.807, 2.05) is 30.6 Å².